The molecule has 1 aromatic carbocycles. The molecule has 19 heavy (non-hydrogen) atoms. The first kappa shape index (κ1) is 15.7. The highest BCUT2D eigenvalue weighted by Crippen LogP contribution is 2.15. The molecular formula is C15H22O4. The van der Waals surface area contributed by atoms with Crippen molar-refractivity contribution < 1.29 is 19.4 Å². The van der Waals surface area contributed by atoms with Gasteiger partial charge in [-0.25, -0.2) is 4.79 Å². The monoisotopic (exact) mass is 266 g/mol. The molecule has 0 unspecified atom stereocenters. The number of hydrogen-bond acceptors (Lipinski definition) is 4. The molecule has 1 atom stereocenters. The summed E-state index contributed by atoms with van der Waals surface area (Å²) in [4.78, 5) is 11.4. The van der Waals surface area contributed by atoms with Gasteiger partial charge in [-0.3, -0.25) is 0 Å². The maximum absolute atomic E-state index is 11.4. The first-order valence-electron chi connectivity index (χ1n) is 6.41. The fraction of sp³-hybridized carbons (Fsp3) is 0.533. The van der Waals surface area contributed by atoms with Gasteiger partial charge in [0.15, 0.2) is 0 Å². The predicted octanol–water partition coefficient (Wildman–Crippen LogP) is 2.47. The Labute approximate surface area is 114 Å². The van der Waals surface area contributed by atoms with Crippen molar-refractivity contribution >= 4 is 5.97 Å². The highest BCUT2D eigenvalue weighted by molar-refractivity contribution is 5.71. The topological polar surface area (TPSA) is 55.8 Å². The minimum Gasteiger partial charge on any atom is -0.458 e. The number of rotatable bonds is 6. The van der Waals surface area contributed by atoms with Gasteiger partial charge < -0.3 is 14.6 Å². The Morgan fingerprint density at radius 2 is 1.89 bits per heavy atom. The van der Waals surface area contributed by atoms with E-state index in [0.717, 1.165) is 5.56 Å². The van der Waals surface area contributed by atoms with Crippen LogP contribution in [0.5, 0.6) is 0 Å². The third-order valence-electron chi connectivity index (χ3n) is 2.36. The zero-order valence-corrected chi connectivity index (χ0v) is 11.8. The van der Waals surface area contributed by atoms with Crippen LogP contribution in [0.25, 0.3) is 0 Å². The lowest BCUT2D eigenvalue weighted by Crippen LogP contribution is -2.26. The molecule has 1 aromatic rings. The number of aliphatic hydroxyl groups excluding tert-OH is 1. The van der Waals surface area contributed by atoms with Crippen molar-refractivity contribution in [2.75, 3.05) is 13.2 Å². The predicted molar refractivity (Wildman–Crippen MR) is 72.7 cm³/mol. The van der Waals surface area contributed by atoms with Gasteiger partial charge in [-0.1, -0.05) is 30.3 Å². The smallest absolute Gasteiger partial charge is 0.332 e. The summed E-state index contributed by atoms with van der Waals surface area (Å²) >= 11 is 0. The maximum atomic E-state index is 11.4. The van der Waals surface area contributed by atoms with Crippen LogP contribution in [0.1, 0.15) is 38.9 Å². The SMILES string of the molecule is CC(C)(C)OC(=O)COCC[C@H](O)c1ccccc1. The van der Waals surface area contributed by atoms with Crippen LogP contribution in [-0.2, 0) is 14.3 Å². The molecule has 0 aliphatic carbocycles. The molecule has 0 heterocycles. The van der Waals surface area contributed by atoms with Crippen molar-refractivity contribution in [2.45, 2.75) is 38.9 Å². The molecule has 0 spiro atoms. The Bertz CT molecular complexity index is 381. The molecule has 0 aliphatic rings. The van der Waals surface area contributed by atoms with Gasteiger partial charge in [0.25, 0.3) is 0 Å². The summed E-state index contributed by atoms with van der Waals surface area (Å²) in [6.45, 7) is 5.66. The van der Waals surface area contributed by atoms with Crippen LogP contribution in [0, 0.1) is 0 Å². The first-order valence-corrected chi connectivity index (χ1v) is 6.41. The van der Waals surface area contributed by atoms with E-state index in [9.17, 15) is 9.90 Å². The number of carbonyl (C=O) groups is 1. The minimum absolute atomic E-state index is 0.0845. The second kappa shape index (κ2) is 7.26. The summed E-state index contributed by atoms with van der Waals surface area (Å²) in [7, 11) is 0. The summed E-state index contributed by atoms with van der Waals surface area (Å²) in [6.07, 6.45) is -0.118. The Kier molecular flexibility index (Phi) is 5.99. The average Bonchev–Trinajstić information content (AvgIpc) is 2.33. The summed E-state index contributed by atoms with van der Waals surface area (Å²) in [5, 5.41) is 9.88. The van der Waals surface area contributed by atoms with Gasteiger partial charge in [-0.05, 0) is 26.3 Å². The quantitative estimate of drug-likeness (QED) is 0.635. The molecule has 4 heteroatoms. The van der Waals surface area contributed by atoms with Crippen molar-refractivity contribution in [2.24, 2.45) is 0 Å². The Morgan fingerprint density at radius 1 is 1.26 bits per heavy atom. The zero-order valence-electron chi connectivity index (χ0n) is 11.8. The molecule has 0 saturated heterocycles. The molecule has 1 rings (SSSR count). The van der Waals surface area contributed by atoms with Crippen LogP contribution >= 0.6 is 0 Å². The van der Waals surface area contributed by atoms with E-state index in [-0.39, 0.29) is 12.6 Å². The second-order valence-corrected chi connectivity index (χ2v) is 5.35. The lowest BCUT2D eigenvalue weighted by Gasteiger charge is -2.19. The van der Waals surface area contributed by atoms with Crippen LogP contribution < -0.4 is 0 Å². The van der Waals surface area contributed by atoms with Gasteiger partial charge in [-0.2, -0.15) is 0 Å². The number of hydrogen-bond donors (Lipinski definition) is 1. The molecule has 0 radical (unpaired) electrons. The average molecular weight is 266 g/mol. The standard InChI is InChI=1S/C15H22O4/c1-15(2,3)19-14(17)11-18-10-9-13(16)12-7-5-4-6-8-12/h4-8,13,16H,9-11H2,1-3H3/t13-/m0/s1. The highest BCUT2D eigenvalue weighted by Gasteiger charge is 2.16. The minimum atomic E-state index is -0.570. The van der Waals surface area contributed by atoms with Crippen LogP contribution in [0.2, 0.25) is 0 Å². The van der Waals surface area contributed by atoms with E-state index in [1.165, 1.54) is 0 Å². The Hall–Kier alpha value is -1.39. The summed E-state index contributed by atoms with van der Waals surface area (Å²) < 4.78 is 10.3. The molecule has 0 saturated carbocycles. The van der Waals surface area contributed by atoms with Crippen LogP contribution in [0.4, 0.5) is 0 Å². The summed E-state index contributed by atoms with van der Waals surface area (Å²) in [5.74, 6) is -0.387. The van der Waals surface area contributed by atoms with E-state index in [2.05, 4.69) is 0 Å². The van der Waals surface area contributed by atoms with Gasteiger partial charge in [0, 0.05) is 6.42 Å². The number of benzene rings is 1. The Balaban J connectivity index is 2.19. The summed E-state index contributed by atoms with van der Waals surface area (Å²) in [5.41, 5.74) is 0.354. The molecule has 0 aromatic heterocycles. The number of ether oxygens (including phenoxy) is 2. The van der Waals surface area contributed by atoms with Crippen molar-refractivity contribution in [1.29, 1.82) is 0 Å². The lowest BCUT2D eigenvalue weighted by molar-refractivity contribution is -0.160. The number of aliphatic hydroxyl groups is 1. The third kappa shape index (κ3) is 6.94. The second-order valence-electron chi connectivity index (χ2n) is 5.35. The van der Waals surface area contributed by atoms with Crippen LogP contribution in [-0.4, -0.2) is 29.9 Å². The van der Waals surface area contributed by atoms with Gasteiger partial charge in [0.1, 0.15) is 12.2 Å². The molecule has 4 nitrogen and oxygen atoms in total. The molecular weight excluding hydrogens is 244 g/mol. The lowest BCUT2D eigenvalue weighted by atomic mass is 10.1. The molecule has 0 amide bonds. The van der Waals surface area contributed by atoms with E-state index in [0.29, 0.717) is 13.0 Å². The van der Waals surface area contributed by atoms with E-state index < -0.39 is 11.7 Å². The normalized spacial score (nSPS) is 13.1. The third-order valence-corrected chi connectivity index (χ3v) is 2.36. The van der Waals surface area contributed by atoms with Gasteiger partial charge in [0.2, 0.25) is 0 Å². The Morgan fingerprint density at radius 3 is 2.47 bits per heavy atom. The molecule has 0 fully saturated rings. The van der Waals surface area contributed by atoms with Gasteiger partial charge in [-0.15, -0.1) is 0 Å². The fourth-order valence-electron chi connectivity index (χ4n) is 1.56. The van der Waals surface area contributed by atoms with Crippen molar-refractivity contribution in [3.8, 4) is 0 Å². The highest BCUT2D eigenvalue weighted by atomic mass is 16.6. The molecule has 0 bridgehead atoms. The number of esters is 1. The number of carbonyl (C=O) groups excluding carboxylic acids is 1. The van der Waals surface area contributed by atoms with E-state index in [4.69, 9.17) is 9.47 Å². The van der Waals surface area contributed by atoms with E-state index in [1.54, 1.807) is 0 Å². The molecule has 106 valence electrons. The van der Waals surface area contributed by atoms with Crippen molar-refractivity contribution in [3.05, 3.63) is 35.9 Å². The van der Waals surface area contributed by atoms with Gasteiger partial charge in [0.05, 0.1) is 12.7 Å². The fourth-order valence-corrected chi connectivity index (χ4v) is 1.56. The van der Waals surface area contributed by atoms with E-state index >= 15 is 0 Å². The van der Waals surface area contributed by atoms with E-state index in [1.807, 2.05) is 51.1 Å². The largest absolute Gasteiger partial charge is 0.458 e. The van der Waals surface area contributed by atoms with Crippen LogP contribution in [0.3, 0.4) is 0 Å². The van der Waals surface area contributed by atoms with Crippen LogP contribution in [0.15, 0.2) is 30.3 Å². The first-order chi connectivity index (χ1) is 8.88. The summed E-state index contributed by atoms with van der Waals surface area (Å²) in [6, 6.07) is 9.37. The van der Waals surface area contributed by atoms with Crippen molar-refractivity contribution in [1.82, 2.24) is 0 Å². The zero-order chi connectivity index (χ0) is 14.3. The van der Waals surface area contributed by atoms with Crippen molar-refractivity contribution in [3.63, 3.8) is 0 Å². The van der Waals surface area contributed by atoms with Gasteiger partial charge >= 0.3 is 5.97 Å². The molecule has 1 N–H and O–H groups in total. The maximum Gasteiger partial charge on any atom is 0.332 e. The molecule has 0 aliphatic heterocycles.